The van der Waals surface area contributed by atoms with Crippen LogP contribution in [-0.2, 0) is 20.4 Å². The molecule has 1 aromatic rings. The molecule has 0 aliphatic rings. The molecular formula is C41H72O5-2. The SMILES string of the molecule is CCCCC(CC)CC(CCCCCCCC(=O)[O-])(CC(CC)CCCC)C(=O)[O-].Cc1cc(C(C)(C)C)c(O)c(C(C)(C)C)c1. The number of rotatable bonds is 21. The molecule has 0 aromatic heterocycles. The van der Waals surface area contributed by atoms with Crippen LogP contribution in [0, 0.1) is 24.2 Å². The van der Waals surface area contributed by atoms with Crippen molar-refractivity contribution in [3.8, 4) is 5.75 Å². The fourth-order valence-electron chi connectivity index (χ4n) is 6.73. The number of carboxylic acids is 2. The molecule has 2 atom stereocenters. The second-order valence-corrected chi connectivity index (χ2v) is 16.2. The van der Waals surface area contributed by atoms with Gasteiger partial charge in [-0.25, -0.2) is 0 Å². The van der Waals surface area contributed by atoms with Crippen LogP contribution in [0.5, 0.6) is 5.75 Å². The summed E-state index contributed by atoms with van der Waals surface area (Å²) in [5.41, 5.74) is 2.54. The van der Waals surface area contributed by atoms with E-state index in [0.29, 0.717) is 30.4 Å². The summed E-state index contributed by atoms with van der Waals surface area (Å²) in [5.74, 6) is -0.458. The van der Waals surface area contributed by atoms with E-state index in [2.05, 4.69) is 88.3 Å². The monoisotopic (exact) mass is 645 g/mol. The van der Waals surface area contributed by atoms with Gasteiger partial charge in [0.2, 0.25) is 0 Å². The minimum absolute atomic E-state index is 0.0178. The van der Waals surface area contributed by atoms with Gasteiger partial charge in [-0.15, -0.1) is 0 Å². The van der Waals surface area contributed by atoms with Gasteiger partial charge < -0.3 is 24.9 Å². The summed E-state index contributed by atoms with van der Waals surface area (Å²) in [4.78, 5) is 23.1. The molecule has 0 amide bonds. The quantitative estimate of drug-likeness (QED) is 0.134. The summed E-state index contributed by atoms with van der Waals surface area (Å²) in [6.07, 6.45) is 15.5. The van der Waals surface area contributed by atoms with Gasteiger partial charge in [-0.1, -0.05) is 164 Å². The maximum Gasteiger partial charge on any atom is 0.123 e. The first kappa shape index (κ1) is 44.0. The first-order valence-corrected chi connectivity index (χ1v) is 18.6. The first-order chi connectivity index (χ1) is 21.4. The molecule has 0 radical (unpaired) electrons. The van der Waals surface area contributed by atoms with Crippen LogP contribution in [0.1, 0.15) is 195 Å². The number of carbonyl (C=O) groups is 2. The van der Waals surface area contributed by atoms with Crippen LogP contribution in [0.3, 0.4) is 0 Å². The number of carboxylic acid groups (broad SMARTS) is 2. The highest BCUT2D eigenvalue weighted by Crippen LogP contribution is 2.43. The van der Waals surface area contributed by atoms with Gasteiger partial charge in [0.25, 0.3) is 0 Å². The molecule has 0 spiro atoms. The van der Waals surface area contributed by atoms with E-state index in [0.717, 1.165) is 101 Å². The fourth-order valence-corrected chi connectivity index (χ4v) is 6.73. The Hall–Kier alpha value is -2.04. The Morgan fingerprint density at radius 1 is 0.696 bits per heavy atom. The third-order valence-corrected chi connectivity index (χ3v) is 9.78. The van der Waals surface area contributed by atoms with Gasteiger partial charge in [0.15, 0.2) is 0 Å². The third kappa shape index (κ3) is 16.7. The van der Waals surface area contributed by atoms with Crippen LogP contribution < -0.4 is 10.2 Å². The third-order valence-electron chi connectivity index (χ3n) is 9.78. The van der Waals surface area contributed by atoms with Gasteiger partial charge in [-0.2, -0.15) is 0 Å². The molecule has 1 aromatic carbocycles. The number of unbranched alkanes of at least 4 members (excludes halogenated alkanes) is 6. The summed E-state index contributed by atoms with van der Waals surface area (Å²) in [6.45, 7) is 23.6. The van der Waals surface area contributed by atoms with Crippen LogP contribution in [0.15, 0.2) is 12.1 Å². The zero-order valence-corrected chi connectivity index (χ0v) is 31.9. The summed E-state index contributed by atoms with van der Waals surface area (Å²) in [6, 6.07) is 4.18. The van der Waals surface area contributed by atoms with Gasteiger partial charge in [0.05, 0.1) is 0 Å². The highest BCUT2D eigenvalue weighted by Gasteiger charge is 2.35. The lowest BCUT2D eigenvalue weighted by atomic mass is 9.67. The largest absolute Gasteiger partial charge is 0.550 e. The molecule has 0 heterocycles. The van der Waals surface area contributed by atoms with E-state index in [1.807, 2.05) is 0 Å². The minimum atomic E-state index is -0.985. The zero-order valence-electron chi connectivity index (χ0n) is 31.9. The van der Waals surface area contributed by atoms with Crippen molar-refractivity contribution in [2.24, 2.45) is 17.3 Å². The van der Waals surface area contributed by atoms with Crippen molar-refractivity contribution in [2.75, 3.05) is 0 Å². The molecule has 1 N–H and O–H groups in total. The number of carbonyl (C=O) groups excluding carboxylic acids is 2. The Bertz CT molecular complexity index is 944. The number of phenols is 1. The first-order valence-electron chi connectivity index (χ1n) is 18.6. The predicted molar refractivity (Wildman–Crippen MR) is 191 cm³/mol. The van der Waals surface area contributed by atoms with Crippen molar-refractivity contribution in [3.05, 3.63) is 28.8 Å². The number of hydrogen-bond donors (Lipinski definition) is 1. The zero-order chi connectivity index (χ0) is 35.6. The molecule has 0 bridgehead atoms. The van der Waals surface area contributed by atoms with Crippen molar-refractivity contribution in [1.29, 1.82) is 0 Å². The molecule has 5 nitrogen and oxygen atoms in total. The van der Waals surface area contributed by atoms with Gasteiger partial charge >= 0.3 is 0 Å². The van der Waals surface area contributed by atoms with Crippen molar-refractivity contribution in [2.45, 2.75) is 196 Å². The van der Waals surface area contributed by atoms with Crippen LogP contribution in [-0.4, -0.2) is 17.0 Å². The van der Waals surface area contributed by atoms with Crippen LogP contribution in [0.2, 0.25) is 0 Å². The van der Waals surface area contributed by atoms with E-state index >= 15 is 0 Å². The molecule has 46 heavy (non-hydrogen) atoms. The van der Waals surface area contributed by atoms with Crippen molar-refractivity contribution in [1.82, 2.24) is 0 Å². The van der Waals surface area contributed by atoms with E-state index in [4.69, 9.17) is 0 Å². The van der Waals surface area contributed by atoms with Gasteiger partial charge in [-0.3, -0.25) is 0 Å². The summed E-state index contributed by atoms with van der Waals surface area (Å²) >= 11 is 0. The smallest absolute Gasteiger partial charge is 0.123 e. The minimum Gasteiger partial charge on any atom is -0.550 e. The highest BCUT2D eigenvalue weighted by atomic mass is 16.4. The molecule has 0 aliphatic heterocycles. The average molecular weight is 645 g/mol. The number of aryl methyl sites for hydroxylation is 1. The van der Waals surface area contributed by atoms with Crippen molar-refractivity contribution in [3.63, 3.8) is 0 Å². The number of aliphatic carboxylic acids is 2. The topological polar surface area (TPSA) is 100 Å². The molecule has 5 heteroatoms. The Balaban J connectivity index is 0.00000106. The summed E-state index contributed by atoms with van der Waals surface area (Å²) < 4.78 is 0. The van der Waals surface area contributed by atoms with Crippen molar-refractivity contribution >= 4 is 11.9 Å². The van der Waals surface area contributed by atoms with Crippen LogP contribution >= 0.6 is 0 Å². The molecular weight excluding hydrogens is 572 g/mol. The van der Waals surface area contributed by atoms with E-state index in [1.165, 1.54) is 5.56 Å². The molecule has 1 rings (SSSR count). The lowest BCUT2D eigenvalue weighted by Gasteiger charge is -2.40. The molecule has 0 saturated heterocycles. The molecule has 268 valence electrons. The summed E-state index contributed by atoms with van der Waals surface area (Å²) in [7, 11) is 0. The van der Waals surface area contributed by atoms with Gasteiger partial charge in [0.1, 0.15) is 5.75 Å². The molecule has 0 saturated carbocycles. The highest BCUT2D eigenvalue weighted by molar-refractivity contribution is 5.72. The Labute approximate surface area is 284 Å². The van der Waals surface area contributed by atoms with Gasteiger partial charge in [-0.05, 0) is 72.8 Å². The Kier molecular flexibility index (Phi) is 20.8. The Morgan fingerprint density at radius 3 is 1.46 bits per heavy atom. The number of phenolic OH excluding ortho intramolecular Hbond substituents is 1. The van der Waals surface area contributed by atoms with E-state index in [1.54, 1.807) is 0 Å². The average Bonchev–Trinajstić information content (AvgIpc) is 2.96. The fraction of sp³-hybridized carbons (Fsp3) is 0.805. The second-order valence-electron chi connectivity index (χ2n) is 16.2. The van der Waals surface area contributed by atoms with E-state index in [-0.39, 0.29) is 17.3 Å². The lowest BCUT2D eigenvalue weighted by Crippen LogP contribution is -2.45. The van der Waals surface area contributed by atoms with E-state index < -0.39 is 17.4 Å². The number of aromatic hydroxyl groups is 1. The van der Waals surface area contributed by atoms with Crippen molar-refractivity contribution < 1.29 is 24.9 Å². The Morgan fingerprint density at radius 2 is 1.11 bits per heavy atom. The summed E-state index contributed by atoms with van der Waals surface area (Å²) in [5, 5.41) is 33.4. The van der Waals surface area contributed by atoms with Crippen LogP contribution in [0.25, 0.3) is 0 Å². The van der Waals surface area contributed by atoms with Gasteiger partial charge in [0, 0.05) is 17.4 Å². The lowest BCUT2D eigenvalue weighted by molar-refractivity contribution is -0.322. The molecule has 0 aliphatic carbocycles. The number of hydrogen-bond acceptors (Lipinski definition) is 5. The van der Waals surface area contributed by atoms with Crippen LogP contribution in [0.4, 0.5) is 0 Å². The van der Waals surface area contributed by atoms with E-state index in [9.17, 15) is 24.9 Å². The normalized spacial score (nSPS) is 14.6. The molecule has 2 unspecified atom stereocenters. The number of benzene rings is 1. The maximum absolute atomic E-state index is 12.5. The predicted octanol–water partition coefficient (Wildman–Crippen LogP) is 9.71. The second kappa shape index (κ2) is 21.8. The maximum atomic E-state index is 12.5. The standard InChI is InChI=1S/C26H50O4.C15H24O/c1-5-9-16-22(7-3)20-26(25(29)30,21-23(8-4)17-10-6-2)19-15-13-11-12-14-18-24(27)28;1-10-8-11(14(2,3)4)13(16)12(9-10)15(5,6)7/h22-23H,5-21H2,1-4H3,(H,27,28)(H,29,30);8-9,16H,1-7H3/p-2. The molecule has 0 fully saturated rings.